The van der Waals surface area contributed by atoms with E-state index in [0.717, 1.165) is 17.0 Å². The highest BCUT2D eigenvalue weighted by Gasteiger charge is 2.20. The molecule has 0 fully saturated rings. The molecule has 2 aromatic heterocycles. The molecule has 7 heteroatoms. The Labute approximate surface area is 162 Å². The first-order valence-corrected chi connectivity index (χ1v) is 9.49. The van der Waals surface area contributed by atoms with Crippen molar-refractivity contribution in [1.82, 2.24) is 25.1 Å². The van der Waals surface area contributed by atoms with Crippen molar-refractivity contribution in [2.45, 2.75) is 23.9 Å². The lowest BCUT2D eigenvalue weighted by atomic mass is 10.2. The monoisotopic (exact) mass is 379 g/mol. The lowest BCUT2D eigenvalue weighted by Crippen LogP contribution is -2.31. The topological polar surface area (TPSA) is 72.7 Å². The van der Waals surface area contributed by atoms with Crippen LogP contribution in [0, 0.1) is 0 Å². The predicted molar refractivity (Wildman–Crippen MR) is 107 cm³/mol. The van der Waals surface area contributed by atoms with Gasteiger partial charge in [0.15, 0.2) is 11.0 Å². The SMILES string of the molecule is C=CCNC(=O)[C@H](C)Sc1nnc(-c2ccncc2)n1Cc1ccccc1. The molecule has 3 rings (SSSR count). The first kappa shape index (κ1) is 18.8. The van der Waals surface area contributed by atoms with E-state index in [1.807, 2.05) is 41.8 Å². The number of benzene rings is 1. The van der Waals surface area contributed by atoms with E-state index in [-0.39, 0.29) is 11.2 Å². The fraction of sp³-hybridized carbons (Fsp3) is 0.200. The van der Waals surface area contributed by atoms with Gasteiger partial charge in [-0.3, -0.25) is 14.3 Å². The Balaban J connectivity index is 1.90. The van der Waals surface area contributed by atoms with Gasteiger partial charge in [0.05, 0.1) is 11.8 Å². The van der Waals surface area contributed by atoms with E-state index >= 15 is 0 Å². The Morgan fingerprint density at radius 2 is 1.96 bits per heavy atom. The molecule has 0 unspecified atom stereocenters. The van der Waals surface area contributed by atoms with Crippen LogP contribution in [0.2, 0.25) is 0 Å². The smallest absolute Gasteiger partial charge is 0.233 e. The number of aromatic nitrogens is 4. The zero-order chi connectivity index (χ0) is 19.1. The van der Waals surface area contributed by atoms with Crippen molar-refractivity contribution in [2.24, 2.45) is 0 Å². The van der Waals surface area contributed by atoms with Crippen LogP contribution in [0.15, 0.2) is 72.7 Å². The minimum Gasteiger partial charge on any atom is -0.352 e. The molecule has 0 saturated heterocycles. The van der Waals surface area contributed by atoms with Crippen LogP contribution < -0.4 is 5.32 Å². The molecule has 0 saturated carbocycles. The summed E-state index contributed by atoms with van der Waals surface area (Å²) in [6.07, 6.45) is 5.12. The average Bonchev–Trinajstić information content (AvgIpc) is 3.09. The summed E-state index contributed by atoms with van der Waals surface area (Å²) in [5.74, 6) is 0.696. The number of thioether (sulfide) groups is 1. The fourth-order valence-corrected chi connectivity index (χ4v) is 3.40. The summed E-state index contributed by atoms with van der Waals surface area (Å²) in [6.45, 7) is 6.55. The van der Waals surface area contributed by atoms with Gasteiger partial charge < -0.3 is 5.32 Å². The Morgan fingerprint density at radius 3 is 2.67 bits per heavy atom. The maximum Gasteiger partial charge on any atom is 0.233 e. The minimum atomic E-state index is -0.297. The molecule has 1 aromatic carbocycles. The van der Waals surface area contributed by atoms with Crippen molar-refractivity contribution in [3.05, 3.63) is 73.1 Å². The van der Waals surface area contributed by atoms with Crippen molar-refractivity contribution in [1.29, 1.82) is 0 Å². The lowest BCUT2D eigenvalue weighted by Gasteiger charge is -2.13. The summed E-state index contributed by atoms with van der Waals surface area (Å²) in [7, 11) is 0. The number of rotatable bonds is 8. The van der Waals surface area contributed by atoms with Gasteiger partial charge in [0.1, 0.15) is 0 Å². The highest BCUT2D eigenvalue weighted by molar-refractivity contribution is 8.00. The van der Waals surface area contributed by atoms with Crippen LogP contribution >= 0.6 is 11.8 Å². The van der Waals surface area contributed by atoms with E-state index in [4.69, 9.17) is 0 Å². The Kier molecular flexibility index (Phi) is 6.38. The van der Waals surface area contributed by atoms with E-state index in [9.17, 15) is 4.79 Å². The largest absolute Gasteiger partial charge is 0.352 e. The second-order valence-corrected chi connectivity index (χ2v) is 7.22. The molecule has 0 aliphatic heterocycles. The van der Waals surface area contributed by atoms with Gasteiger partial charge in [-0.15, -0.1) is 16.8 Å². The van der Waals surface area contributed by atoms with Gasteiger partial charge in [-0.05, 0) is 24.6 Å². The summed E-state index contributed by atoms with van der Waals surface area (Å²) in [5, 5.41) is 11.9. The maximum atomic E-state index is 12.2. The molecule has 0 spiro atoms. The average molecular weight is 379 g/mol. The number of carbonyl (C=O) groups is 1. The minimum absolute atomic E-state index is 0.0559. The Hall–Kier alpha value is -2.93. The molecule has 1 atom stereocenters. The standard InChI is InChI=1S/C20H21N5OS/c1-3-11-22-19(26)15(2)27-20-24-23-18(17-9-12-21-13-10-17)25(20)14-16-7-5-4-6-8-16/h3-10,12-13,15H,1,11,14H2,2H3,(H,22,26)/t15-/m0/s1. The van der Waals surface area contributed by atoms with Gasteiger partial charge in [-0.1, -0.05) is 48.2 Å². The summed E-state index contributed by atoms with van der Waals surface area (Å²) < 4.78 is 2.03. The van der Waals surface area contributed by atoms with Crippen LogP contribution in [-0.4, -0.2) is 37.5 Å². The van der Waals surface area contributed by atoms with E-state index in [0.29, 0.717) is 18.2 Å². The molecule has 1 amide bonds. The summed E-state index contributed by atoms with van der Waals surface area (Å²) in [4.78, 5) is 16.3. The van der Waals surface area contributed by atoms with Crippen molar-refractivity contribution >= 4 is 17.7 Å². The molecule has 0 radical (unpaired) electrons. The van der Waals surface area contributed by atoms with Crippen molar-refractivity contribution < 1.29 is 4.79 Å². The second-order valence-electron chi connectivity index (χ2n) is 5.91. The highest BCUT2D eigenvalue weighted by Crippen LogP contribution is 2.27. The highest BCUT2D eigenvalue weighted by atomic mass is 32.2. The van der Waals surface area contributed by atoms with Crippen molar-refractivity contribution in [2.75, 3.05) is 6.54 Å². The molecular formula is C20H21N5OS. The van der Waals surface area contributed by atoms with Gasteiger partial charge in [0.2, 0.25) is 5.91 Å². The third-order valence-corrected chi connectivity index (χ3v) is 4.99. The fourth-order valence-electron chi connectivity index (χ4n) is 2.53. The molecule has 0 aliphatic rings. The first-order chi connectivity index (χ1) is 13.2. The van der Waals surface area contributed by atoms with Crippen LogP contribution in [0.5, 0.6) is 0 Å². The second kappa shape index (κ2) is 9.14. The lowest BCUT2D eigenvalue weighted by molar-refractivity contribution is -0.120. The molecule has 6 nitrogen and oxygen atoms in total. The van der Waals surface area contributed by atoms with Crippen molar-refractivity contribution in [3.63, 3.8) is 0 Å². The Bertz CT molecular complexity index is 895. The maximum absolute atomic E-state index is 12.2. The summed E-state index contributed by atoms with van der Waals surface area (Å²) >= 11 is 1.39. The Morgan fingerprint density at radius 1 is 1.22 bits per heavy atom. The molecular weight excluding hydrogens is 358 g/mol. The van der Waals surface area contributed by atoms with E-state index < -0.39 is 0 Å². The molecule has 138 valence electrons. The van der Waals surface area contributed by atoms with Crippen molar-refractivity contribution in [3.8, 4) is 11.4 Å². The van der Waals surface area contributed by atoms with E-state index in [1.54, 1.807) is 18.5 Å². The van der Waals surface area contributed by atoms with Gasteiger partial charge in [0, 0.05) is 24.5 Å². The number of pyridine rings is 1. The molecule has 3 aromatic rings. The number of hydrogen-bond donors (Lipinski definition) is 1. The number of hydrogen-bond acceptors (Lipinski definition) is 5. The zero-order valence-corrected chi connectivity index (χ0v) is 15.9. The van der Waals surface area contributed by atoms with Crippen LogP contribution in [0.1, 0.15) is 12.5 Å². The number of nitrogens with zero attached hydrogens (tertiary/aromatic N) is 4. The summed E-state index contributed by atoms with van der Waals surface area (Å²) in [6, 6.07) is 13.9. The normalized spacial score (nSPS) is 11.7. The van der Waals surface area contributed by atoms with Crippen LogP contribution in [-0.2, 0) is 11.3 Å². The molecule has 0 aliphatic carbocycles. The van der Waals surface area contributed by atoms with Gasteiger partial charge in [0.25, 0.3) is 0 Å². The van der Waals surface area contributed by atoms with Crippen LogP contribution in [0.3, 0.4) is 0 Å². The first-order valence-electron chi connectivity index (χ1n) is 8.62. The molecule has 2 heterocycles. The van der Waals surface area contributed by atoms with E-state index in [2.05, 4.69) is 39.2 Å². The van der Waals surface area contributed by atoms with Gasteiger partial charge in [-0.25, -0.2) is 0 Å². The van der Waals surface area contributed by atoms with Gasteiger partial charge >= 0.3 is 0 Å². The number of carbonyl (C=O) groups excluding carboxylic acids is 1. The predicted octanol–water partition coefficient (Wildman–Crippen LogP) is 3.17. The molecule has 1 N–H and O–H groups in total. The zero-order valence-electron chi connectivity index (χ0n) is 15.1. The number of nitrogens with one attached hydrogen (secondary N) is 1. The quantitative estimate of drug-likeness (QED) is 0.481. The third-order valence-electron chi connectivity index (χ3n) is 3.91. The third kappa shape index (κ3) is 4.83. The number of amides is 1. The summed E-state index contributed by atoms with van der Waals surface area (Å²) in [5.41, 5.74) is 2.07. The van der Waals surface area contributed by atoms with Crippen LogP contribution in [0.25, 0.3) is 11.4 Å². The molecule has 27 heavy (non-hydrogen) atoms. The van der Waals surface area contributed by atoms with E-state index in [1.165, 1.54) is 11.8 Å². The molecule has 0 bridgehead atoms. The van der Waals surface area contributed by atoms with Crippen LogP contribution in [0.4, 0.5) is 0 Å². The van der Waals surface area contributed by atoms with Gasteiger partial charge in [-0.2, -0.15) is 0 Å².